The Morgan fingerprint density at radius 2 is 2.12 bits per heavy atom. The number of halogens is 1. The van der Waals surface area contributed by atoms with Gasteiger partial charge >= 0.3 is 5.69 Å². The Hall–Kier alpha value is -2.42. The lowest BCUT2D eigenvalue weighted by Crippen LogP contribution is -2.41. The average molecular weight is 394 g/mol. The van der Waals surface area contributed by atoms with E-state index < -0.39 is 11.2 Å². The topological polar surface area (TPSA) is 82.3 Å². The molecular formula is C17H16ClN3O4S. The molecule has 0 bridgehead atoms. The van der Waals surface area contributed by atoms with E-state index in [9.17, 15) is 14.4 Å². The Morgan fingerprint density at radius 3 is 2.85 bits per heavy atom. The third kappa shape index (κ3) is 3.57. The molecule has 2 aromatic heterocycles. The summed E-state index contributed by atoms with van der Waals surface area (Å²) in [6.07, 6.45) is 0. The van der Waals surface area contributed by atoms with Gasteiger partial charge in [0.2, 0.25) is 5.91 Å². The van der Waals surface area contributed by atoms with Crippen molar-refractivity contribution in [2.24, 2.45) is 0 Å². The van der Waals surface area contributed by atoms with Crippen molar-refractivity contribution in [3.05, 3.63) is 61.6 Å². The number of thiophene rings is 1. The van der Waals surface area contributed by atoms with Crippen LogP contribution in [0.15, 0.2) is 45.3 Å². The summed E-state index contributed by atoms with van der Waals surface area (Å²) in [7, 11) is 1.53. The summed E-state index contributed by atoms with van der Waals surface area (Å²) in [6.45, 7) is 0.512. The van der Waals surface area contributed by atoms with Crippen LogP contribution >= 0.6 is 22.9 Å². The molecule has 26 heavy (non-hydrogen) atoms. The average Bonchev–Trinajstić information content (AvgIpc) is 3.09. The zero-order valence-electron chi connectivity index (χ0n) is 13.9. The fourth-order valence-corrected chi connectivity index (χ4v) is 3.58. The SMILES string of the molecule is COCCNC(=O)Cn1c(=O)n(-c2cccc(Cl)c2)c(=O)c2sccc21. The van der Waals surface area contributed by atoms with E-state index in [1.165, 1.54) is 29.1 Å². The lowest BCUT2D eigenvalue weighted by atomic mass is 10.3. The third-order valence-corrected chi connectivity index (χ3v) is 4.88. The number of benzene rings is 1. The van der Waals surface area contributed by atoms with Crippen LogP contribution in [0.2, 0.25) is 5.02 Å². The number of fused-ring (bicyclic) bond motifs is 1. The van der Waals surface area contributed by atoms with Gasteiger partial charge in [0.25, 0.3) is 5.56 Å². The van der Waals surface area contributed by atoms with E-state index in [0.717, 1.165) is 4.57 Å². The van der Waals surface area contributed by atoms with Gasteiger partial charge in [0.05, 0.1) is 17.8 Å². The highest BCUT2D eigenvalue weighted by Gasteiger charge is 2.17. The first-order valence-electron chi connectivity index (χ1n) is 7.77. The highest BCUT2D eigenvalue weighted by molar-refractivity contribution is 7.17. The van der Waals surface area contributed by atoms with Crippen molar-refractivity contribution >= 4 is 39.1 Å². The van der Waals surface area contributed by atoms with E-state index in [1.54, 1.807) is 29.6 Å². The molecule has 0 aliphatic rings. The van der Waals surface area contributed by atoms with Gasteiger partial charge in [-0.3, -0.25) is 14.2 Å². The van der Waals surface area contributed by atoms with Crippen LogP contribution in [0.3, 0.4) is 0 Å². The largest absolute Gasteiger partial charge is 0.383 e. The smallest absolute Gasteiger partial charge is 0.336 e. The minimum atomic E-state index is -0.593. The highest BCUT2D eigenvalue weighted by Crippen LogP contribution is 2.17. The first-order valence-corrected chi connectivity index (χ1v) is 9.03. The Morgan fingerprint density at radius 1 is 1.31 bits per heavy atom. The molecule has 0 unspecified atom stereocenters. The van der Waals surface area contributed by atoms with Gasteiger partial charge in [-0.05, 0) is 29.6 Å². The van der Waals surface area contributed by atoms with Gasteiger partial charge in [-0.1, -0.05) is 17.7 Å². The number of carbonyl (C=O) groups excluding carboxylic acids is 1. The molecule has 1 aromatic carbocycles. The van der Waals surface area contributed by atoms with Gasteiger partial charge < -0.3 is 10.1 Å². The first kappa shape index (κ1) is 18.4. The quantitative estimate of drug-likeness (QED) is 0.645. The van der Waals surface area contributed by atoms with E-state index in [0.29, 0.717) is 34.1 Å². The second-order valence-corrected chi connectivity index (χ2v) is 6.82. The maximum Gasteiger partial charge on any atom is 0.336 e. The number of ether oxygens (including phenoxy) is 1. The van der Waals surface area contributed by atoms with Crippen LogP contribution in [0.1, 0.15) is 0 Å². The molecule has 2 heterocycles. The minimum Gasteiger partial charge on any atom is -0.383 e. The normalized spacial score (nSPS) is 11.0. The Kier molecular flexibility index (Phi) is 5.55. The van der Waals surface area contributed by atoms with Gasteiger partial charge in [-0.15, -0.1) is 11.3 Å². The van der Waals surface area contributed by atoms with Gasteiger partial charge in [-0.2, -0.15) is 0 Å². The molecule has 0 saturated carbocycles. The number of nitrogens with zero attached hydrogens (tertiary/aromatic N) is 2. The number of aromatic nitrogens is 2. The Labute approximate surface area is 157 Å². The van der Waals surface area contributed by atoms with Gasteiger partial charge in [-0.25, -0.2) is 9.36 Å². The number of carbonyl (C=O) groups is 1. The van der Waals surface area contributed by atoms with Gasteiger partial charge in [0.1, 0.15) is 11.2 Å². The fraction of sp³-hybridized carbons (Fsp3) is 0.235. The summed E-state index contributed by atoms with van der Waals surface area (Å²) >= 11 is 7.21. The highest BCUT2D eigenvalue weighted by atomic mass is 35.5. The molecule has 3 rings (SSSR count). The van der Waals surface area contributed by atoms with Crippen LogP contribution in [-0.2, 0) is 16.1 Å². The second-order valence-electron chi connectivity index (χ2n) is 5.47. The van der Waals surface area contributed by atoms with Crippen molar-refractivity contribution in [1.82, 2.24) is 14.5 Å². The molecule has 0 atom stereocenters. The zero-order chi connectivity index (χ0) is 18.7. The maximum atomic E-state index is 13.0. The summed E-state index contributed by atoms with van der Waals surface area (Å²) in [5.74, 6) is -0.340. The number of hydrogen-bond acceptors (Lipinski definition) is 5. The summed E-state index contributed by atoms with van der Waals surface area (Å²) < 4.78 is 7.61. The molecule has 9 heteroatoms. The summed E-state index contributed by atoms with van der Waals surface area (Å²) in [5.41, 5.74) is -0.232. The molecule has 1 N–H and O–H groups in total. The van der Waals surface area contributed by atoms with Crippen molar-refractivity contribution in [3.63, 3.8) is 0 Å². The van der Waals surface area contributed by atoms with Crippen LogP contribution in [0.4, 0.5) is 0 Å². The Bertz CT molecular complexity index is 1070. The number of nitrogens with one attached hydrogen (secondary N) is 1. The lowest BCUT2D eigenvalue weighted by molar-refractivity contribution is -0.121. The molecule has 0 spiro atoms. The van der Waals surface area contributed by atoms with Crippen LogP contribution in [0, 0.1) is 0 Å². The fourth-order valence-electron chi connectivity index (χ4n) is 2.57. The molecule has 1 amide bonds. The van der Waals surface area contributed by atoms with Crippen LogP contribution < -0.4 is 16.6 Å². The molecular weight excluding hydrogens is 378 g/mol. The van der Waals surface area contributed by atoms with Crippen LogP contribution in [-0.4, -0.2) is 35.3 Å². The van der Waals surface area contributed by atoms with Gasteiger partial charge in [0, 0.05) is 18.7 Å². The Balaban J connectivity index is 2.12. The zero-order valence-corrected chi connectivity index (χ0v) is 15.5. The van der Waals surface area contributed by atoms with Crippen molar-refractivity contribution in [3.8, 4) is 5.69 Å². The number of methoxy groups -OCH3 is 1. The minimum absolute atomic E-state index is 0.198. The predicted molar refractivity (Wildman–Crippen MR) is 102 cm³/mol. The second kappa shape index (κ2) is 7.86. The summed E-state index contributed by atoms with van der Waals surface area (Å²) in [4.78, 5) is 37.9. The maximum absolute atomic E-state index is 13.0. The molecule has 0 fully saturated rings. The molecule has 0 aliphatic heterocycles. The molecule has 0 aliphatic carbocycles. The number of rotatable bonds is 6. The van der Waals surface area contributed by atoms with Crippen molar-refractivity contribution in [1.29, 1.82) is 0 Å². The van der Waals surface area contributed by atoms with Crippen molar-refractivity contribution < 1.29 is 9.53 Å². The number of amides is 1. The molecule has 7 nitrogen and oxygen atoms in total. The van der Waals surface area contributed by atoms with E-state index in [1.807, 2.05) is 0 Å². The van der Waals surface area contributed by atoms with Crippen LogP contribution in [0.25, 0.3) is 15.9 Å². The summed E-state index contributed by atoms with van der Waals surface area (Å²) in [5, 5.41) is 4.79. The van der Waals surface area contributed by atoms with E-state index in [4.69, 9.17) is 16.3 Å². The predicted octanol–water partition coefficient (Wildman–Crippen LogP) is 1.63. The van der Waals surface area contributed by atoms with Crippen LogP contribution in [0.5, 0.6) is 0 Å². The van der Waals surface area contributed by atoms with Crippen molar-refractivity contribution in [2.75, 3.05) is 20.3 Å². The molecule has 0 saturated heterocycles. The van der Waals surface area contributed by atoms with E-state index >= 15 is 0 Å². The lowest BCUT2D eigenvalue weighted by Gasteiger charge is -2.12. The van der Waals surface area contributed by atoms with E-state index in [2.05, 4.69) is 5.32 Å². The van der Waals surface area contributed by atoms with Gasteiger partial charge in [0.15, 0.2) is 0 Å². The monoisotopic (exact) mass is 393 g/mol. The third-order valence-electron chi connectivity index (χ3n) is 3.75. The number of hydrogen-bond donors (Lipinski definition) is 1. The standard InChI is InChI=1S/C17H16ClN3O4S/c1-25-7-6-19-14(22)10-20-13-5-8-26-15(13)16(23)21(17(20)24)12-4-2-3-11(18)9-12/h2-5,8-9H,6-7,10H2,1H3,(H,19,22). The first-order chi connectivity index (χ1) is 12.5. The molecule has 136 valence electrons. The molecule has 0 radical (unpaired) electrons. The molecule has 3 aromatic rings. The summed E-state index contributed by atoms with van der Waals surface area (Å²) in [6, 6.07) is 8.13. The van der Waals surface area contributed by atoms with Crippen molar-refractivity contribution in [2.45, 2.75) is 6.54 Å². The van der Waals surface area contributed by atoms with E-state index in [-0.39, 0.29) is 12.5 Å².